The first-order valence-corrected chi connectivity index (χ1v) is 10.3. The predicted octanol–water partition coefficient (Wildman–Crippen LogP) is 5.44. The van der Waals surface area contributed by atoms with Gasteiger partial charge in [-0.25, -0.2) is 9.97 Å². The van der Waals surface area contributed by atoms with Crippen LogP contribution in [0.15, 0.2) is 70.3 Å². The average Bonchev–Trinajstić information content (AvgIpc) is 3.35. The van der Waals surface area contributed by atoms with E-state index in [0.29, 0.717) is 29.1 Å². The molecule has 29 heavy (non-hydrogen) atoms. The molecule has 0 radical (unpaired) electrons. The third-order valence-corrected chi connectivity index (χ3v) is 6.09. The van der Waals surface area contributed by atoms with E-state index in [-0.39, 0.29) is 5.56 Å². The molecule has 0 bridgehead atoms. The van der Waals surface area contributed by atoms with Crippen molar-refractivity contribution in [2.75, 3.05) is 0 Å². The van der Waals surface area contributed by atoms with E-state index in [0.717, 1.165) is 20.8 Å². The zero-order valence-electron chi connectivity index (χ0n) is 16.1. The molecule has 5 nitrogen and oxygen atoms in total. The fraction of sp³-hybridized carbons (Fsp3) is 0.174. The Balaban J connectivity index is 1.46. The zero-order chi connectivity index (χ0) is 20.0. The van der Waals surface area contributed by atoms with Gasteiger partial charge >= 0.3 is 0 Å². The molecule has 5 aromatic rings. The summed E-state index contributed by atoms with van der Waals surface area (Å²) in [6, 6.07) is 16.1. The van der Waals surface area contributed by atoms with Crippen LogP contribution >= 0.6 is 11.3 Å². The maximum absolute atomic E-state index is 12.9. The summed E-state index contributed by atoms with van der Waals surface area (Å²) < 4.78 is 7.33. The van der Waals surface area contributed by atoms with Crippen molar-refractivity contribution in [1.82, 2.24) is 14.5 Å². The van der Waals surface area contributed by atoms with Crippen LogP contribution in [-0.2, 0) is 6.54 Å². The molecule has 0 unspecified atom stereocenters. The Morgan fingerprint density at radius 1 is 1.07 bits per heavy atom. The highest BCUT2D eigenvalue weighted by Gasteiger charge is 2.14. The maximum Gasteiger partial charge on any atom is 0.297 e. The number of nitrogens with zero attached hydrogens (tertiary/aromatic N) is 3. The minimum atomic E-state index is -0.178. The lowest BCUT2D eigenvalue weighted by molar-refractivity contribution is 0.644. The number of rotatable bonds is 4. The molecule has 0 N–H and O–H groups in total. The molecule has 5 rings (SSSR count). The topological polar surface area (TPSA) is 60.9 Å². The first-order valence-electron chi connectivity index (χ1n) is 9.52. The SMILES string of the molecule is CC(C)c1ccc(-c2ncc(Cn3cnc4c(oc5ccccc54)c3=O)s2)cc1. The van der Waals surface area contributed by atoms with Gasteiger partial charge in [0, 0.05) is 22.0 Å². The molecule has 3 heterocycles. The largest absolute Gasteiger partial charge is 0.448 e. The minimum absolute atomic E-state index is 0.178. The normalized spacial score (nSPS) is 11.7. The van der Waals surface area contributed by atoms with Crippen molar-refractivity contribution in [1.29, 1.82) is 0 Å². The molecule has 3 aromatic heterocycles. The van der Waals surface area contributed by atoms with Crippen molar-refractivity contribution >= 4 is 33.4 Å². The van der Waals surface area contributed by atoms with Crippen molar-refractivity contribution in [3.63, 3.8) is 0 Å². The molecule has 0 aliphatic carbocycles. The lowest BCUT2D eigenvalue weighted by Gasteiger charge is -2.05. The number of furan rings is 1. The van der Waals surface area contributed by atoms with E-state index in [9.17, 15) is 4.79 Å². The quantitative estimate of drug-likeness (QED) is 0.402. The maximum atomic E-state index is 12.9. The third-order valence-electron chi connectivity index (χ3n) is 5.05. The van der Waals surface area contributed by atoms with Crippen LogP contribution in [0.25, 0.3) is 32.6 Å². The van der Waals surface area contributed by atoms with Crippen LogP contribution in [0.5, 0.6) is 0 Å². The molecular formula is C23H19N3O2S. The fourth-order valence-electron chi connectivity index (χ4n) is 3.42. The molecule has 144 valence electrons. The van der Waals surface area contributed by atoms with Crippen LogP contribution in [0.4, 0.5) is 0 Å². The number of para-hydroxylation sites is 1. The van der Waals surface area contributed by atoms with Gasteiger partial charge in [-0.1, -0.05) is 50.2 Å². The van der Waals surface area contributed by atoms with E-state index in [2.05, 4.69) is 48.1 Å². The second-order valence-corrected chi connectivity index (χ2v) is 8.48. The third kappa shape index (κ3) is 3.15. The van der Waals surface area contributed by atoms with Gasteiger partial charge < -0.3 is 4.42 Å². The number of hydrogen-bond acceptors (Lipinski definition) is 5. The Kier molecular flexibility index (Phi) is 4.28. The highest BCUT2D eigenvalue weighted by Crippen LogP contribution is 2.28. The molecule has 0 aliphatic heterocycles. The summed E-state index contributed by atoms with van der Waals surface area (Å²) >= 11 is 1.58. The molecule has 0 saturated carbocycles. The number of hydrogen-bond donors (Lipinski definition) is 0. The summed E-state index contributed by atoms with van der Waals surface area (Å²) in [6.45, 7) is 4.78. The lowest BCUT2D eigenvalue weighted by Crippen LogP contribution is -2.20. The number of aromatic nitrogens is 3. The molecule has 0 fully saturated rings. The highest BCUT2D eigenvalue weighted by molar-refractivity contribution is 7.15. The van der Waals surface area contributed by atoms with E-state index in [1.165, 1.54) is 5.56 Å². The van der Waals surface area contributed by atoms with Crippen molar-refractivity contribution in [3.8, 4) is 10.6 Å². The van der Waals surface area contributed by atoms with Gasteiger partial charge in [0.1, 0.15) is 16.1 Å². The summed E-state index contributed by atoms with van der Waals surface area (Å²) in [6.07, 6.45) is 3.41. The Hall–Kier alpha value is -3.25. The van der Waals surface area contributed by atoms with Crippen LogP contribution in [0.1, 0.15) is 30.2 Å². The monoisotopic (exact) mass is 401 g/mol. The summed E-state index contributed by atoms with van der Waals surface area (Å²) in [4.78, 5) is 22.9. The van der Waals surface area contributed by atoms with E-state index in [1.807, 2.05) is 30.5 Å². The number of thiazole rings is 1. The van der Waals surface area contributed by atoms with Crippen LogP contribution in [-0.4, -0.2) is 14.5 Å². The number of benzene rings is 2. The molecule has 0 amide bonds. The summed E-state index contributed by atoms with van der Waals surface area (Å²) in [5, 5.41) is 1.80. The lowest BCUT2D eigenvalue weighted by atomic mass is 10.0. The molecule has 0 spiro atoms. The minimum Gasteiger partial charge on any atom is -0.448 e. The first kappa shape index (κ1) is 17.8. The fourth-order valence-corrected chi connectivity index (χ4v) is 4.34. The van der Waals surface area contributed by atoms with Crippen molar-refractivity contribution in [2.45, 2.75) is 26.3 Å². The van der Waals surface area contributed by atoms with Gasteiger partial charge in [-0.2, -0.15) is 0 Å². The van der Waals surface area contributed by atoms with E-state index in [4.69, 9.17) is 4.42 Å². The van der Waals surface area contributed by atoms with Gasteiger partial charge in [0.2, 0.25) is 5.58 Å². The van der Waals surface area contributed by atoms with Gasteiger partial charge in [0.25, 0.3) is 5.56 Å². The molecule has 2 aromatic carbocycles. The summed E-state index contributed by atoms with van der Waals surface area (Å²) in [7, 11) is 0. The molecular weight excluding hydrogens is 382 g/mol. The Labute approximate surface area is 171 Å². The van der Waals surface area contributed by atoms with Crippen LogP contribution in [0.2, 0.25) is 0 Å². The van der Waals surface area contributed by atoms with Crippen molar-refractivity contribution in [3.05, 3.63) is 81.8 Å². The Bertz CT molecular complexity index is 1380. The summed E-state index contributed by atoms with van der Waals surface area (Å²) in [5.41, 5.74) is 3.79. The molecule has 0 aliphatic rings. The predicted molar refractivity (Wildman–Crippen MR) is 117 cm³/mol. The van der Waals surface area contributed by atoms with Crippen molar-refractivity contribution < 1.29 is 4.42 Å². The Morgan fingerprint density at radius 3 is 2.66 bits per heavy atom. The molecule has 0 saturated heterocycles. The van der Waals surface area contributed by atoms with Gasteiger partial charge in [-0.05, 0) is 23.6 Å². The second kappa shape index (κ2) is 6.97. The van der Waals surface area contributed by atoms with Crippen molar-refractivity contribution in [2.24, 2.45) is 0 Å². The van der Waals surface area contributed by atoms with Gasteiger partial charge in [0.15, 0.2) is 0 Å². The summed E-state index contributed by atoms with van der Waals surface area (Å²) in [5.74, 6) is 0.503. The smallest absolute Gasteiger partial charge is 0.297 e. The van der Waals surface area contributed by atoms with E-state index in [1.54, 1.807) is 22.2 Å². The second-order valence-electron chi connectivity index (χ2n) is 7.36. The molecule has 0 atom stereocenters. The van der Waals surface area contributed by atoms with Crippen LogP contribution in [0.3, 0.4) is 0 Å². The average molecular weight is 401 g/mol. The highest BCUT2D eigenvalue weighted by atomic mass is 32.1. The zero-order valence-corrected chi connectivity index (χ0v) is 16.9. The van der Waals surface area contributed by atoms with E-state index >= 15 is 0 Å². The Morgan fingerprint density at radius 2 is 1.86 bits per heavy atom. The van der Waals surface area contributed by atoms with Crippen LogP contribution < -0.4 is 5.56 Å². The van der Waals surface area contributed by atoms with Gasteiger partial charge in [-0.15, -0.1) is 11.3 Å². The van der Waals surface area contributed by atoms with Gasteiger partial charge in [-0.3, -0.25) is 9.36 Å². The van der Waals surface area contributed by atoms with Gasteiger partial charge in [0.05, 0.1) is 12.9 Å². The van der Waals surface area contributed by atoms with E-state index < -0.39 is 0 Å². The standard InChI is InChI=1S/C23H19N3O2S/c1-14(2)15-7-9-16(10-8-15)22-24-11-17(29-22)12-26-13-25-20-18-5-3-4-6-19(18)28-21(20)23(26)27/h3-11,13-14H,12H2,1-2H3. The number of fused-ring (bicyclic) bond motifs is 3. The van der Waals surface area contributed by atoms with Crippen LogP contribution in [0, 0.1) is 0 Å². The molecule has 6 heteroatoms. The first-order chi connectivity index (χ1) is 14.1.